The summed E-state index contributed by atoms with van der Waals surface area (Å²) in [5, 5.41) is 10.3. The topological polar surface area (TPSA) is 69.6 Å². The summed E-state index contributed by atoms with van der Waals surface area (Å²) >= 11 is 0. The number of nitrogens with one attached hydrogen (secondary N) is 1. The second-order valence-electron chi connectivity index (χ2n) is 7.08. The molecule has 1 aromatic rings. The zero-order valence-electron chi connectivity index (χ0n) is 15.1. The van der Waals surface area contributed by atoms with Crippen LogP contribution < -0.4 is 4.72 Å². The van der Waals surface area contributed by atoms with E-state index >= 15 is 0 Å². The van der Waals surface area contributed by atoms with E-state index in [9.17, 15) is 13.5 Å². The Morgan fingerprint density at radius 3 is 2.42 bits per heavy atom. The number of rotatable bonds is 6. The molecule has 1 aliphatic rings. The SMILES string of the molecule is Cc1ccc(S(=O)(=O)NCC(O)CN2[C@H](C)CCC[C@@H]2C)cc1C. The molecule has 0 saturated carbocycles. The number of aliphatic hydroxyl groups is 1. The number of β-amino-alcohol motifs (C(OH)–C–C–N with tert-alkyl or cyclic N) is 1. The van der Waals surface area contributed by atoms with E-state index in [2.05, 4.69) is 23.5 Å². The van der Waals surface area contributed by atoms with Crippen LogP contribution in [-0.4, -0.2) is 49.7 Å². The fourth-order valence-electron chi connectivity index (χ4n) is 3.31. The van der Waals surface area contributed by atoms with Crippen molar-refractivity contribution in [2.45, 2.75) is 70.0 Å². The molecule has 0 radical (unpaired) electrons. The lowest BCUT2D eigenvalue weighted by molar-refractivity contribution is 0.0438. The van der Waals surface area contributed by atoms with Crippen molar-refractivity contribution in [2.24, 2.45) is 0 Å². The maximum Gasteiger partial charge on any atom is 0.240 e. The first-order valence-corrected chi connectivity index (χ1v) is 10.2. The minimum absolute atomic E-state index is 0.0329. The molecule has 1 heterocycles. The van der Waals surface area contributed by atoms with Crippen molar-refractivity contribution < 1.29 is 13.5 Å². The largest absolute Gasteiger partial charge is 0.390 e. The summed E-state index contributed by atoms with van der Waals surface area (Å²) in [5.74, 6) is 0. The zero-order valence-corrected chi connectivity index (χ0v) is 15.9. The summed E-state index contributed by atoms with van der Waals surface area (Å²) in [6, 6.07) is 5.93. The van der Waals surface area contributed by atoms with E-state index in [0.717, 1.165) is 24.0 Å². The van der Waals surface area contributed by atoms with Crippen LogP contribution in [0.25, 0.3) is 0 Å². The van der Waals surface area contributed by atoms with E-state index in [-0.39, 0.29) is 11.4 Å². The van der Waals surface area contributed by atoms with Gasteiger partial charge in [0.2, 0.25) is 10.0 Å². The van der Waals surface area contributed by atoms with Gasteiger partial charge in [-0.25, -0.2) is 13.1 Å². The summed E-state index contributed by atoms with van der Waals surface area (Å²) < 4.78 is 27.3. The Morgan fingerprint density at radius 1 is 1.21 bits per heavy atom. The van der Waals surface area contributed by atoms with Gasteiger partial charge in [0, 0.05) is 25.2 Å². The number of nitrogens with zero attached hydrogens (tertiary/aromatic N) is 1. The molecule has 3 atom stereocenters. The molecule has 5 nitrogen and oxygen atoms in total. The highest BCUT2D eigenvalue weighted by molar-refractivity contribution is 7.89. The van der Waals surface area contributed by atoms with E-state index in [0.29, 0.717) is 18.6 Å². The summed E-state index contributed by atoms with van der Waals surface area (Å²) in [7, 11) is -3.59. The van der Waals surface area contributed by atoms with Gasteiger partial charge in [0.1, 0.15) is 0 Å². The number of likely N-dealkylation sites (tertiary alicyclic amines) is 1. The molecular weight excluding hydrogens is 324 g/mol. The van der Waals surface area contributed by atoms with Gasteiger partial charge in [0.15, 0.2) is 0 Å². The maximum absolute atomic E-state index is 12.4. The van der Waals surface area contributed by atoms with Crippen molar-refractivity contribution in [3.05, 3.63) is 29.3 Å². The van der Waals surface area contributed by atoms with Crippen molar-refractivity contribution in [3.63, 3.8) is 0 Å². The maximum atomic E-state index is 12.4. The Labute approximate surface area is 146 Å². The average Bonchev–Trinajstić information content (AvgIpc) is 2.52. The number of aryl methyl sites for hydroxylation is 2. The van der Waals surface area contributed by atoms with Crippen molar-refractivity contribution in [2.75, 3.05) is 13.1 Å². The first kappa shape index (κ1) is 19.4. The fraction of sp³-hybridized carbons (Fsp3) is 0.667. The van der Waals surface area contributed by atoms with Gasteiger partial charge in [-0.1, -0.05) is 12.5 Å². The lowest BCUT2D eigenvalue weighted by Crippen LogP contribution is -2.49. The van der Waals surface area contributed by atoms with Gasteiger partial charge in [0.05, 0.1) is 11.0 Å². The Hall–Kier alpha value is -0.950. The van der Waals surface area contributed by atoms with Crippen LogP contribution in [0.4, 0.5) is 0 Å². The normalized spacial score (nSPS) is 24.0. The Bertz CT molecular complexity index is 650. The molecule has 1 aliphatic heterocycles. The van der Waals surface area contributed by atoms with Crippen molar-refractivity contribution in [3.8, 4) is 0 Å². The summed E-state index contributed by atoms with van der Waals surface area (Å²) in [6.45, 7) is 8.71. The Morgan fingerprint density at radius 2 is 1.83 bits per heavy atom. The molecule has 0 amide bonds. The predicted molar refractivity (Wildman–Crippen MR) is 96.6 cm³/mol. The van der Waals surface area contributed by atoms with Crippen LogP contribution in [0.15, 0.2) is 23.1 Å². The van der Waals surface area contributed by atoms with Gasteiger partial charge in [-0.05, 0) is 63.8 Å². The third-order valence-electron chi connectivity index (χ3n) is 5.10. The van der Waals surface area contributed by atoms with Gasteiger partial charge < -0.3 is 5.11 Å². The Balaban J connectivity index is 1.94. The van der Waals surface area contributed by atoms with Gasteiger partial charge >= 0.3 is 0 Å². The molecule has 24 heavy (non-hydrogen) atoms. The number of sulfonamides is 1. The highest BCUT2D eigenvalue weighted by atomic mass is 32.2. The molecule has 0 bridgehead atoms. The van der Waals surface area contributed by atoms with Crippen LogP contribution in [0, 0.1) is 13.8 Å². The zero-order chi connectivity index (χ0) is 17.9. The molecule has 2 N–H and O–H groups in total. The second-order valence-corrected chi connectivity index (χ2v) is 8.84. The molecular formula is C18H30N2O3S. The molecule has 1 aromatic carbocycles. The van der Waals surface area contributed by atoms with Crippen molar-refractivity contribution >= 4 is 10.0 Å². The van der Waals surface area contributed by atoms with E-state index in [1.54, 1.807) is 18.2 Å². The Kier molecular flexibility index (Phi) is 6.42. The molecule has 0 spiro atoms. The van der Waals surface area contributed by atoms with E-state index in [1.807, 2.05) is 13.8 Å². The molecule has 2 rings (SSSR count). The minimum Gasteiger partial charge on any atom is -0.390 e. The van der Waals surface area contributed by atoms with Gasteiger partial charge in [0.25, 0.3) is 0 Å². The third-order valence-corrected chi connectivity index (χ3v) is 6.52. The molecule has 1 saturated heterocycles. The quantitative estimate of drug-likeness (QED) is 0.822. The molecule has 0 aliphatic carbocycles. The van der Waals surface area contributed by atoms with Crippen LogP contribution in [0.5, 0.6) is 0 Å². The van der Waals surface area contributed by atoms with Crippen LogP contribution in [0.2, 0.25) is 0 Å². The minimum atomic E-state index is -3.59. The number of benzene rings is 1. The third kappa shape index (κ3) is 4.79. The van der Waals surface area contributed by atoms with E-state index < -0.39 is 16.1 Å². The smallest absolute Gasteiger partial charge is 0.240 e. The first-order valence-electron chi connectivity index (χ1n) is 8.71. The monoisotopic (exact) mass is 354 g/mol. The highest BCUT2D eigenvalue weighted by Crippen LogP contribution is 2.22. The molecule has 0 aromatic heterocycles. The average molecular weight is 355 g/mol. The van der Waals surface area contributed by atoms with Crippen LogP contribution in [-0.2, 0) is 10.0 Å². The van der Waals surface area contributed by atoms with Crippen molar-refractivity contribution in [1.82, 2.24) is 9.62 Å². The van der Waals surface area contributed by atoms with Crippen molar-refractivity contribution in [1.29, 1.82) is 0 Å². The predicted octanol–water partition coefficient (Wildman–Crippen LogP) is 2.21. The molecule has 1 fully saturated rings. The van der Waals surface area contributed by atoms with Gasteiger partial charge in [-0.3, -0.25) is 4.90 Å². The number of piperidine rings is 1. The summed E-state index contributed by atoms with van der Waals surface area (Å²) in [6.07, 6.45) is 2.76. The fourth-order valence-corrected chi connectivity index (χ4v) is 4.47. The van der Waals surface area contributed by atoms with E-state index in [1.165, 1.54) is 6.42 Å². The lowest BCUT2D eigenvalue weighted by atomic mass is 9.97. The molecule has 6 heteroatoms. The summed E-state index contributed by atoms with van der Waals surface area (Å²) in [4.78, 5) is 2.52. The van der Waals surface area contributed by atoms with Crippen LogP contribution in [0.3, 0.4) is 0 Å². The first-order chi connectivity index (χ1) is 11.2. The van der Waals surface area contributed by atoms with Crippen LogP contribution in [0.1, 0.15) is 44.2 Å². The highest BCUT2D eigenvalue weighted by Gasteiger charge is 2.27. The lowest BCUT2D eigenvalue weighted by Gasteiger charge is -2.40. The summed E-state index contributed by atoms with van der Waals surface area (Å²) in [5.41, 5.74) is 2.00. The van der Waals surface area contributed by atoms with Gasteiger partial charge in [-0.15, -0.1) is 0 Å². The number of hydrogen-bond acceptors (Lipinski definition) is 4. The van der Waals surface area contributed by atoms with Gasteiger partial charge in [-0.2, -0.15) is 0 Å². The molecule has 136 valence electrons. The molecule has 1 unspecified atom stereocenters. The number of aliphatic hydroxyl groups excluding tert-OH is 1. The second kappa shape index (κ2) is 7.95. The number of hydrogen-bond donors (Lipinski definition) is 2. The van der Waals surface area contributed by atoms with E-state index in [4.69, 9.17) is 0 Å². The standard InChI is InChI=1S/C18H30N2O3S/c1-13-8-9-18(10-14(13)2)24(22,23)19-11-17(21)12-20-15(3)6-5-7-16(20)4/h8-10,15-17,19,21H,5-7,11-12H2,1-4H3/t15-,16+,17?. The van der Waals surface area contributed by atoms with Crippen LogP contribution >= 0.6 is 0 Å².